The van der Waals surface area contributed by atoms with Crippen LogP contribution in [0.25, 0.3) is 0 Å². The minimum absolute atomic E-state index is 0.504. The molecule has 0 aromatic heterocycles. The van der Waals surface area contributed by atoms with Crippen molar-refractivity contribution in [2.45, 2.75) is 6.92 Å². The molecule has 0 spiro atoms. The van der Waals surface area contributed by atoms with E-state index in [9.17, 15) is 0 Å². The topological polar surface area (TPSA) is 61.3 Å². The third kappa shape index (κ3) is 6.53. The van der Waals surface area contributed by atoms with Crippen LogP contribution in [-0.2, 0) is 16.3 Å². The average molecular weight is 140 g/mol. The molecule has 0 rings (SSSR count). The van der Waals surface area contributed by atoms with Gasteiger partial charge in [0.25, 0.3) is 0 Å². The standard InChI is InChI=1S/C2H9N2OPS/c1-2-5-6(3,4)7/h2H2,1H3,(H4,3,4,7). The average Bonchev–Trinajstić information content (AvgIpc) is 1.30. The van der Waals surface area contributed by atoms with Crippen LogP contribution in [0.15, 0.2) is 0 Å². The van der Waals surface area contributed by atoms with Gasteiger partial charge in [0, 0.05) is 0 Å². The maximum absolute atomic E-state index is 5.13. The molecule has 0 saturated carbocycles. The highest BCUT2D eigenvalue weighted by atomic mass is 32.4. The van der Waals surface area contributed by atoms with Gasteiger partial charge in [0.2, 0.25) is 0 Å². The van der Waals surface area contributed by atoms with Crippen molar-refractivity contribution < 1.29 is 4.52 Å². The van der Waals surface area contributed by atoms with Gasteiger partial charge in [-0.2, -0.15) is 0 Å². The summed E-state index contributed by atoms with van der Waals surface area (Å²) in [6.45, 7) is -0.0218. The number of rotatable bonds is 2. The molecule has 0 fully saturated rings. The third-order valence-corrected chi connectivity index (χ3v) is 1.31. The van der Waals surface area contributed by atoms with Crippen LogP contribution in [0.1, 0.15) is 6.92 Å². The van der Waals surface area contributed by atoms with E-state index in [1.807, 2.05) is 0 Å². The van der Waals surface area contributed by atoms with E-state index in [1.54, 1.807) is 6.92 Å². The van der Waals surface area contributed by atoms with Crippen molar-refractivity contribution >= 4 is 18.4 Å². The molecule has 5 heteroatoms. The molecule has 0 saturated heterocycles. The Labute approximate surface area is 48.2 Å². The first-order valence-corrected chi connectivity index (χ1v) is 4.74. The molecule has 44 valence electrons. The Balaban J connectivity index is 3.36. The monoisotopic (exact) mass is 140 g/mol. The van der Waals surface area contributed by atoms with Gasteiger partial charge in [-0.05, 0) is 18.7 Å². The lowest BCUT2D eigenvalue weighted by Crippen LogP contribution is -2.06. The number of hydrogen-bond donors (Lipinski definition) is 2. The molecule has 0 aromatic rings. The molecule has 0 bridgehead atoms. The highest BCUT2D eigenvalue weighted by Crippen LogP contribution is 2.25. The Morgan fingerprint density at radius 1 is 1.71 bits per heavy atom. The normalized spacial score (nSPS) is 11.9. The van der Waals surface area contributed by atoms with Crippen molar-refractivity contribution in [2.24, 2.45) is 11.0 Å². The lowest BCUT2D eigenvalue weighted by atomic mass is 10.9. The fraction of sp³-hybridized carbons (Fsp3) is 1.00. The fourth-order valence-corrected chi connectivity index (χ4v) is 0.922. The van der Waals surface area contributed by atoms with Crippen LogP contribution in [0.5, 0.6) is 0 Å². The first kappa shape index (κ1) is 7.53. The second kappa shape index (κ2) is 2.74. The maximum Gasteiger partial charge on any atom is 0.192 e. The molecule has 7 heavy (non-hydrogen) atoms. The Bertz CT molecular complexity index is 89.7. The van der Waals surface area contributed by atoms with Crippen molar-refractivity contribution in [3.63, 3.8) is 0 Å². The molecule has 0 heterocycles. The summed E-state index contributed by atoms with van der Waals surface area (Å²) in [6.07, 6.45) is 0. The first-order chi connectivity index (χ1) is 3.06. The summed E-state index contributed by atoms with van der Waals surface area (Å²) in [5, 5.41) is 0. The molecular weight excluding hydrogens is 131 g/mol. The lowest BCUT2D eigenvalue weighted by molar-refractivity contribution is 0.377. The van der Waals surface area contributed by atoms with Gasteiger partial charge in [0.15, 0.2) is 6.57 Å². The van der Waals surface area contributed by atoms with Crippen molar-refractivity contribution in [3.05, 3.63) is 0 Å². The molecule has 0 unspecified atom stereocenters. The zero-order valence-electron chi connectivity index (χ0n) is 4.13. The van der Waals surface area contributed by atoms with Crippen molar-refractivity contribution in [1.29, 1.82) is 0 Å². The first-order valence-electron chi connectivity index (χ1n) is 1.88. The molecule has 0 atom stereocenters. The lowest BCUT2D eigenvalue weighted by Gasteiger charge is -2.06. The van der Waals surface area contributed by atoms with Crippen molar-refractivity contribution in [2.75, 3.05) is 6.61 Å². The Kier molecular flexibility index (Phi) is 2.95. The van der Waals surface area contributed by atoms with Gasteiger partial charge in [-0.25, -0.2) is 0 Å². The summed E-state index contributed by atoms with van der Waals surface area (Å²) in [5.74, 6) is 0. The fourth-order valence-electron chi connectivity index (χ4n) is 0.202. The predicted molar refractivity (Wildman–Crippen MR) is 34.3 cm³/mol. The molecular formula is C2H9N2OPS. The van der Waals surface area contributed by atoms with Crippen LogP contribution < -0.4 is 11.0 Å². The van der Waals surface area contributed by atoms with E-state index >= 15 is 0 Å². The highest BCUT2D eigenvalue weighted by molar-refractivity contribution is 8.10. The molecule has 0 radical (unpaired) electrons. The molecule has 4 N–H and O–H groups in total. The highest BCUT2D eigenvalue weighted by Gasteiger charge is 1.97. The van der Waals surface area contributed by atoms with Crippen LogP contribution in [0.4, 0.5) is 0 Å². The molecule has 0 aliphatic rings. The minimum atomic E-state index is -2.33. The Morgan fingerprint density at radius 3 is 2.14 bits per heavy atom. The zero-order chi connectivity index (χ0) is 5.91. The second-order valence-electron chi connectivity index (χ2n) is 1.06. The predicted octanol–water partition coefficient (Wildman–Crippen LogP) is 0.165. The van der Waals surface area contributed by atoms with Gasteiger partial charge in [0.05, 0.1) is 6.61 Å². The zero-order valence-corrected chi connectivity index (χ0v) is 5.84. The number of nitrogens with two attached hydrogens (primary N) is 2. The number of hydrogen-bond acceptors (Lipinski definition) is 2. The van der Waals surface area contributed by atoms with Gasteiger partial charge in [-0.3, -0.25) is 11.0 Å². The van der Waals surface area contributed by atoms with Crippen LogP contribution in [-0.4, -0.2) is 6.61 Å². The van der Waals surface area contributed by atoms with Gasteiger partial charge in [-0.15, -0.1) is 0 Å². The molecule has 0 aromatic carbocycles. The largest absolute Gasteiger partial charge is 0.328 e. The summed E-state index contributed by atoms with van der Waals surface area (Å²) < 4.78 is 4.71. The van der Waals surface area contributed by atoms with E-state index in [2.05, 4.69) is 11.8 Å². The molecule has 0 amide bonds. The van der Waals surface area contributed by atoms with Gasteiger partial charge in [0.1, 0.15) is 0 Å². The van der Waals surface area contributed by atoms with Crippen LogP contribution in [0, 0.1) is 0 Å². The summed E-state index contributed by atoms with van der Waals surface area (Å²) in [4.78, 5) is 0. The molecule has 3 nitrogen and oxygen atoms in total. The van der Waals surface area contributed by atoms with E-state index in [0.717, 1.165) is 0 Å². The van der Waals surface area contributed by atoms with E-state index in [-0.39, 0.29) is 0 Å². The van der Waals surface area contributed by atoms with Crippen molar-refractivity contribution in [3.8, 4) is 0 Å². The molecule has 0 aliphatic carbocycles. The quantitative estimate of drug-likeness (QED) is 0.536. The summed E-state index contributed by atoms with van der Waals surface area (Å²) in [7, 11) is 0. The van der Waals surface area contributed by atoms with Crippen molar-refractivity contribution in [1.82, 2.24) is 0 Å². The summed E-state index contributed by atoms with van der Waals surface area (Å²) in [5.41, 5.74) is 10.3. The third-order valence-electron chi connectivity index (χ3n) is 0.331. The van der Waals surface area contributed by atoms with Crippen LogP contribution >= 0.6 is 6.57 Å². The van der Waals surface area contributed by atoms with Gasteiger partial charge >= 0.3 is 0 Å². The van der Waals surface area contributed by atoms with E-state index < -0.39 is 6.57 Å². The van der Waals surface area contributed by atoms with Gasteiger partial charge < -0.3 is 4.52 Å². The summed E-state index contributed by atoms with van der Waals surface area (Å²) >= 11 is 4.53. The minimum Gasteiger partial charge on any atom is -0.328 e. The van der Waals surface area contributed by atoms with E-state index in [1.165, 1.54) is 0 Å². The Morgan fingerprint density at radius 2 is 2.14 bits per heavy atom. The van der Waals surface area contributed by atoms with Crippen LogP contribution in [0.2, 0.25) is 0 Å². The van der Waals surface area contributed by atoms with E-state index in [0.29, 0.717) is 6.61 Å². The van der Waals surface area contributed by atoms with Crippen LogP contribution in [0.3, 0.4) is 0 Å². The SMILES string of the molecule is CCOP(N)(N)=S. The van der Waals surface area contributed by atoms with E-state index in [4.69, 9.17) is 15.5 Å². The summed E-state index contributed by atoms with van der Waals surface area (Å²) in [6, 6.07) is 0. The Hall–Kier alpha value is 0.530. The molecule has 0 aliphatic heterocycles. The second-order valence-corrected chi connectivity index (χ2v) is 4.32. The maximum atomic E-state index is 5.13. The smallest absolute Gasteiger partial charge is 0.192 e. The van der Waals surface area contributed by atoms with Gasteiger partial charge in [-0.1, -0.05) is 0 Å².